The van der Waals surface area contributed by atoms with Crippen molar-refractivity contribution in [1.29, 1.82) is 0 Å². The number of nitro groups is 1. The van der Waals surface area contributed by atoms with Gasteiger partial charge in [0.25, 0.3) is 5.69 Å². The number of hydrogen-bond donors (Lipinski definition) is 0. The summed E-state index contributed by atoms with van der Waals surface area (Å²) in [5, 5.41) is 11.9. The quantitative estimate of drug-likeness (QED) is 0.516. The zero-order chi connectivity index (χ0) is 21.5. The number of para-hydroxylation sites is 1. The van der Waals surface area contributed by atoms with Crippen molar-refractivity contribution in [2.75, 3.05) is 26.2 Å². The number of halogens is 1. The molecule has 2 aromatic carbocycles. The number of sulfonamides is 1. The highest BCUT2D eigenvalue weighted by Crippen LogP contribution is 2.50. The lowest BCUT2D eigenvalue weighted by atomic mass is 10.1. The summed E-state index contributed by atoms with van der Waals surface area (Å²) in [5.41, 5.74) is 0.520. The van der Waals surface area contributed by atoms with Crippen molar-refractivity contribution >= 4 is 33.2 Å². The lowest BCUT2D eigenvalue weighted by Gasteiger charge is -2.34. The molecule has 1 saturated carbocycles. The van der Waals surface area contributed by atoms with Crippen LogP contribution in [0.5, 0.6) is 0 Å². The molecule has 0 radical (unpaired) electrons. The lowest BCUT2D eigenvalue weighted by Crippen LogP contribution is -2.51. The number of rotatable bonds is 5. The highest BCUT2D eigenvalue weighted by molar-refractivity contribution is 7.89. The molecule has 1 heterocycles. The number of amides is 1. The van der Waals surface area contributed by atoms with Gasteiger partial charge in [0.1, 0.15) is 0 Å². The molecule has 1 aliphatic heterocycles. The van der Waals surface area contributed by atoms with E-state index in [4.69, 9.17) is 11.6 Å². The molecule has 0 bridgehead atoms. The molecule has 2 aliphatic rings. The van der Waals surface area contributed by atoms with Crippen LogP contribution < -0.4 is 0 Å². The van der Waals surface area contributed by atoms with Gasteiger partial charge < -0.3 is 4.90 Å². The van der Waals surface area contributed by atoms with Crippen molar-refractivity contribution in [2.45, 2.75) is 17.2 Å². The summed E-state index contributed by atoms with van der Waals surface area (Å²) in [6.07, 6.45) is 0.733. The van der Waals surface area contributed by atoms with E-state index < -0.39 is 20.6 Å². The molecular formula is C20H20ClN3O5S. The number of carbonyl (C=O) groups excluding carboxylic acids is 1. The topological polar surface area (TPSA) is 101 Å². The third-order valence-corrected chi connectivity index (χ3v) is 7.93. The molecule has 1 aliphatic carbocycles. The highest BCUT2D eigenvalue weighted by atomic mass is 35.5. The summed E-state index contributed by atoms with van der Waals surface area (Å²) in [6, 6.07) is 12.8. The van der Waals surface area contributed by atoms with E-state index in [2.05, 4.69) is 0 Å². The summed E-state index contributed by atoms with van der Waals surface area (Å²) in [7, 11) is -4.01. The van der Waals surface area contributed by atoms with E-state index >= 15 is 0 Å². The van der Waals surface area contributed by atoms with Crippen LogP contribution in [0.4, 0.5) is 5.69 Å². The maximum atomic E-state index is 12.9. The van der Waals surface area contributed by atoms with Crippen molar-refractivity contribution in [2.24, 2.45) is 5.92 Å². The molecule has 2 atom stereocenters. The molecule has 2 fully saturated rings. The number of benzene rings is 2. The van der Waals surface area contributed by atoms with Crippen LogP contribution in [-0.4, -0.2) is 54.6 Å². The van der Waals surface area contributed by atoms with E-state index in [-0.39, 0.29) is 48.8 Å². The predicted octanol–water partition coefficient (Wildman–Crippen LogP) is 2.88. The number of hydrogen-bond acceptors (Lipinski definition) is 5. The van der Waals surface area contributed by atoms with Gasteiger partial charge in [-0.05, 0) is 30.0 Å². The largest absolute Gasteiger partial charge is 0.340 e. The molecule has 1 saturated heterocycles. The van der Waals surface area contributed by atoms with Crippen molar-refractivity contribution in [3.8, 4) is 0 Å². The number of piperazine rings is 1. The summed E-state index contributed by atoms with van der Waals surface area (Å²) in [5.74, 6) is -0.0362. The predicted molar refractivity (Wildman–Crippen MR) is 111 cm³/mol. The Morgan fingerprint density at radius 1 is 1.03 bits per heavy atom. The molecule has 0 N–H and O–H groups in total. The van der Waals surface area contributed by atoms with Gasteiger partial charge in [0.2, 0.25) is 15.9 Å². The monoisotopic (exact) mass is 449 g/mol. The minimum Gasteiger partial charge on any atom is -0.340 e. The average Bonchev–Trinajstić information content (AvgIpc) is 3.54. The van der Waals surface area contributed by atoms with Gasteiger partial charge in [0, 0.05) is 43.2 Å². The smallest absolute Gasteiger partial charge is 0.289 e. The number of carbonyl (C=O) groups is 1. The summed E-state index contributed by atoms with van der Waals surface area (Å²) in [6.45, 7) is 0.710. The van der Waals surface area contributed by atoms with E-state index in [9.17, 15) is 23.3 Å². The van der Waals surface area contributed by atoms with Crippen LogP contribution in [0.3, 0.4) is 0 Å². The second-order valence-corrected chi connectivity index (χ2v) is 9.74. The van der Waals surface area contributed by atoms with Crippen molar-refractivity contribution in [3.05, 3.63) is 69.2 Å². The number of nitrogens with zero attached hydrogens (tertiary/aromatic N) is 3. The average molecular weight is 450 g/mol. The highest BCUT2D eigenvalue weighted by Gasteiger charge is 2.47. The molecule has 0 spiro atoms. The Balaban J connectivity index is 1.42. The molecule has 2 aromatic rings. The first kappa shape index (κ1) is 20.8. The van der Waals surface area contributed by atoms with Crippen LogP contribution in [0, 0.1) is 16.0 Å². The molecule has 1 amide bonds. The van der Waals surface area contributed by atoms with E-state index in [1.54, 1.807) is 4.90 Å². The van der Waals surface area contributed by atoms with Crippen molar-refractivity contribution in [1.82, 2.24) is 9.21 Å². The molecule has 30 heavy (non-hydrogen) atoms. The molecule has 8 nitrogen and oxygen atoms in total. The summed E-state index contributed by atoms with van der Waals surface area (Å²) in [4.78, 5) is 24.7. The first-order valence-electron chi connectivity index (χ1n) is 9.57. The fraction of sp³-hybridized carbons (Fsp3) is 0.350. The maximum Gasteiger partial charge on any atom is 0.289 e. The second kappa shape index (κ2) is 7.98. The van der Waals surface area contributed by atoms with Gasteiger partial charge in [-0.2, -0.15) is 4.31 Å². The molecule has 10 heteroatoms. The zero-order valence-electron chi connectivity index (χ0n) is 16.0. The lowest BCUT2D eigenvalue weighted by molar-refractivity contribution is -0.387. The van der Waals surface area contributed by atoms with Crippen molar-refractivity contribution < 1.29 is 18.1 Å². The van der Waals surface area contributed by atoms with E-state index in [1.165, 1.54) is 28.6 Å². The van der Waals surface area contributed by atoms with Crippen LogP contribution in [0.2, 0.25) is 5.02 Å². The van der Waals surface area contributed by atoms with Crippen LogP contribution in [0.1, 0.15) is 17.9 Å². The Morgan fingerprint density at radius 3 is 2.33 bits per heavy atom. The van der Waals surface area contributed by atoms with Gasteiger partial charge in [0.05, 0.1) is 4.92 Å². The van der Waals surface area contributed by atoms with Gasteiger partial charge in [-0.1, -0.05) is 41.9 Å². The van der Waals surface area contributed by atoms with E-state index in [0.717, 1.165) is 12.0 Å². The van der Waals surface area contributed by atoms with Crippen molar-refractivity contribution in [3.63, 3.8) is 0 Å². The molecule has 0 aromatic heterocycles. The third kappa shape index (κ3) is 3.80. The second-order valence-electron chi connectivity index (χ2n) is 7.42. The zero-order valence-corrected chi connectivity index (χ0v) is 17.6. The van der Waals surface area contributed by atoms with E-state index in [1.807, 2.05) is 24.3 Å². The van der Waals surface area contributed by atoms with Crippen LogP contribution in [-0.2, 0) is 14.8 Å². The van der Waals surface area contributed by atoms with Gasteiger partial charge >= 0.3 is 0 Å². The normalized spacial score (nSPS) is 22.0. The minimum absolute atomic E-state index is 0.00246. The van der Waals surface area contributed by atoms with Crippen LogP contribution in [0.15, 0.2) is 53.4 Å². The molecule has 4 rings (SSSR count). The maximum absolute atomic E-state index is 12.9. The Hall–Kier alpha value is -2.49. The Bertz CT molecular complexity index is 1100. The van der Waals surface area contributed by atoms with Gasteiger partial charge in [-0.15, -0.1) is 0 Å². The van der Waals surface area contributed by atoms with Gasteiger partial charge in [0.15, 0.2) is 4.90 Å². The third-order valence-electron chi connectivity index (χ3n) is 5.64. The first-order valence-corrected chi connectivity index (χ1v) is 11.4. The molecular weight excluding hydrogens is 430 g/mol. The fourth-order valence-electron chi connectivity index (χ4n) is 3.94. The van der Waals surface area contributed by atoms with Crippen LogP contribution >= 0.6 is 11.6 Å². The summed E-state index contributed by atoms with van der Waals surface area (Å²) >= 11 is 6.23. The molecule has 2 unspecified atom stereocenters. The minimum atomic E-state index is -4.01. The fourth-order valence-corrected chi connectivity index (χ4v) is 5.79. The standard InChI is InChI=1S/C20H20ClN3O5S/c21-17-6-2-1-5-14(17)15-13-16(15)20(25)22-9-11-23(12-10-22)30(28,29)19-8-4-3-7-18(19)24(26)27/h1-8,15-16H,9-13H2. The summed E-state index contributed by atoms with van der Waals surface area (Å²) < 4.78 is 27.0. The SMILES string of the molecule is O=C(C1CC1c1ccccc1Cl)N1CCN(S(=O)(=O)c2ccccc2[N+](=O)[O-])CC1. The van der Waals surface area contributed by atoms with Crippen LogP contribution in [0.25, 0.3) is 0 Å². The van der Waals surface area contributed by atoms with Gasteiger partial charge in [-0.3, -0.25) is 14.9 Å². The Kier molecular flexibility index (Phi) is 5.52. The Morgan fingerprint density at radius 2 is 1.67 bits per heavy atom. The van der Waals surface area contributed by atoms with Gasteiger partial charge in [-0.25, -0.2) is 8.42 Å². The Labute approximate surface area is 179 Å². The van der Waals surface area contributed by atoms with E-state index in [0.29, 0.717) is 5.02 Å². The molecule has 158 valence electrons. The number of nitro benzene ring substituents is 1. The first-order chi connectivity index (χ1) is 14.3.